The molecular weight excluding hydrogens is 352 g/mol. The lowest BCUT2D eigenvalue weighted by molar-refractivity contribution is -0.135. The van der Waals surface area contributed by atoms with Gasteiger partial charge in [0.25, 0.3) is 0 Å². The van der Waals surface area contributed by atoms with Crippen LogP contribution in [0.15, 0.2) is 23.8 Å². The summed E-state index contributed by atoms with van der Waals surface area (Å²) < 4.78 is 0. The lowest BCUT2D eigenvalue weighted by Crippen LogP contribution is -2.32. The molecule has 0 aliphatic heterocycles. The molecule has 0 heterocycles. The van der Waals surface area contributed by atoms with Crippen molar-refractivity contribution >= 4 is 11.9 Å². The second-order valence-corrected chi connectivity index (χ2v) is 6.46. The molecule has 2 unspecified atom stereocenters. The zero-order chi connectivity index (χ0) is 20.6. The van der Waals surface area contributed by atoms with Crippen molar-refractivity contribution in [2.45, 2.75) is 38.9 Å². The van der Waals surface area contributed by atoms with Crippen molar-refractivity contribution in [3.05, 3.63) is 46.0 Å². The molecule has 8 nitrogen and oxygen atoms in total. The molecule has 0 bridgehead atoms. The van der Waals surface area contributed by atoms with E-state index < -0.39 is 24.1 Å². The van der Waals surface area contributed by atoms with Crippen molar-refractivity contribution in [1.82, 2.24) is 5.32 Å². The number of hydrogen-bond donors (Lipinski definition) is 6. The Morgan fingerprint density at radius 1 is 1.22 bits per heavy atom. The van der Waals surface area contributed by atoms with Gasteiger partial charge in [0, 0.05) is 37.7 Å². The minimum absolute atomic E-state index is 0.326. The van der Waals surface area contributed by atoms with Gasteiger partial charge in [0.05, 0.1) is 12.2 Å². The molecule has 0 aromatic heterocycles. The molecule has 0 aliphatic rings. The molecule has 8 heteroatoms. The molecule has 150 valence electrons. The molecule has 0 radical (unpaired) electrons. The summed E-state index contributed by atoms with van der Waals surface area (Å²) >= 11 is 0. The van der Waals surface area contributed by atoms with Crippen LogP contribution in [0.1, 0.15) is 34.8 Å². The molecule has 1 aromatic carbocycles. The van der Waals surface area contributed by atoms with Crippen LogP contribution in [0, 0.1) is 13.8 Å². The van der Waals surface area contributed by atoms with E-state index in [4.69, 9.17) is 15.9 Å². The van der Waals surface area contributed by atoms with Crippen molar-refractivity contribution in [3.8, 4) is 0 Å². The van der Waals surface area contributed by atoms with E-state index in [1.165, 1.54) is 0 Å². The number of nitrogens with two attached hydrogens (primary N) is 1. The van der Waals surface area contributed by atoms with E-state index >= 15 is 0 Å². The van der Waals surface area contributed by atoms with E-state index in [2.05, 4.69) is 5.32 Å². The van der Waals surface area contributed by atoms with Crippen molar-refractivity contribution in [2.75, 3.05) is 19.6 Å². The largest absolute Gasteiger partial charge is 0.478 e. The van der Waals surface area contributed by atoms with E-state index in [9.17, 15) is 19.8 Å². The summed E-state index contributed by atoms with van der Waals surface area (Å²) in [5, 5.41) is 41.7. The maximum atomic E-state index is 11.2. The molecular formula is C19H28N2O6. The summed E-state index contributed by atoms with van der Waals surface area (Å²) in [6.07, 6.45) is -1.18. The van der Waals surface area contributed by atoms with Gasteiger partial charge in [0.2, 0.25) is 0 Å². The van der Waals surface area contributed by atoms with Gasteiger partial charge in [-0.3, -0.25) is 0 Å². The maximum Gasteiger partial charge on any atom is 0.331 e. The highest BCUT2D eigenvalue weighted by molar-refractivity contribution is 5.94. The predicted octanol–water partition coefficient (Wildman–Crippen LogP) is 0.274. The number of carboxylic acids is 2. The third-order valence-corrected chi connectivity index (χ3v) is 4.32. The van der Waals surface area contributed by atoms with Crippen LogP contribution < -0.4 is 11.1 Å². The van der Waals surface area contributed by atoms with Crippen molar-refractivity contribution < 1.29 is 30.0 Å². The molecule has 27 heavy (non-hydrogen) atoms. The van der Waals surface area contributed by atoms with Crippen LogP contribution in [0.2, 0.25) is 0 Å². The maximum absolute atomic E-state index is 11.2. The Balaban J connectivity index is 3.03. The zero-order valence-corrected chi connectivity index (χ0v) is 15.6. The number of aryl methyl sites for hydroxylation is 1. The van der Waals surface area contributed by atoms with Crippen LogP contribution >= 0.6 is 0 Å². The molecule has 0 aliphatic carbocycles. The van der Waals surface area contributed by atoms with E-state index in [0.29, 0.717) is 37.7 Å². The lowest BCUT2D eigenvalue weighted by atomic mass is 9.89. The average Bonchev–Trinajstić information content (AvgIpc) is 2.56. The normalized spacial score (nSPS) is 14.0. The number of aliphatic carboxylic acids is 2. The zero-order valence-electron chi connectivity index (χ0n) is 15.6. The van der Waals surface area contributed by atoms with Gasteiger partial charge in [-0.2, -0.15) is 0 Å². The monoisotopic (exact) mass is 380 g/mol. The van der Waals surface area contributed by atoms with Crippen LogP contribution in [0.4, 0.5) is 0 Å². The fourth-order valence-corrected chi connectivity index (χ4v) is 3.01. The molecule has 0 spiro atoms. The Morgan fingerprint density at radius 2 is 1.89 bits per heavy atom. The van der Waals surface area contributed by atoms with Crippen molar-refractivity contribution in [1.29, 1.82) is 0 Å². The average molecular weight is 380 g/mol. The number of carboxylic acid groups (broad SMARTS) is 2. The van der Waals surface area contributed by atoms with E-state index in [1.54, 1.807) is 19.9 Å². The first-order chi connectivity index (χ1) is 12.7. The summed E-state index contributed by atoms with van der Waals surface area (Å²) in [6.45, 7) is 5.04. The molecule has 1 aromatic rings. The Hall–Kier alpha value is -2.26. The van der Waals surface area contributed by atoms with Crippen LogP contribution in [0.3, 0.4) is 0 Å². The summed E-state index contributed by atoms with van der Waals surface area (Å²) in [5.41, 5.74) is 7.90. The quantitative estimate of drug-likeness (QED) is 0.236. The van der Waals surface area contributed by atoms with Gasteiger partial charge in [-0.25, -0.2) is 9.59 Å². The lowest BCUT2D eigenvalue weighted by Gasteiger charge is -2.21. The molecule has 0 saturated heterocycles. The predicted molar refractivity (Wildman–Crippen MR) is 100 cm³/mol. The highest BCUT2D eigenvalue weighted by Gasteiger charge is 2.21. The summed E-state index contributed by atoms with van der Waals surface area (Å²) in [4.78, 5) is 22.0. The topological polar surface area (TPSA) is 153 Å². The Bertz CT molecular complexity index is 702. The molecule has 0 saturated carbocycles. The Morgan fingerprint density at radius 3 is 2.44 bits per heavy atom. The third kappa shape index (κ3) is 7.10. The molecule has 7 N–H and O–H groups in total. The standard InChI is InChI=1S/C19H28N2O6/c1-11-3-4-13(7-15(22)10-21-6-5-20)12(2)18(11)16(23)8-14(19(26)27)9-17(24)25/h3-4,9,15-16,21-23H,5-8,10,20H2,1-2H3,(H,24,25)(H,26,27)/b14-9-. The number of aliphatic hydroxyl groups is 2. The molecule has 1 rings (SSSR count). The first kappa shape index (κ1) is 22.8. The number of nitrogens with one attached hydrogen (secondary N) is 1. The van der Waals surface area contributed by atoms with Crippen LogP contribution in [0.5, 0.6) is 0 Å². The van der Waals surface area contributed by atoms with E-state index in [1.807, 2.05) is 6.07 Å². The highest BCUT2D eigenvalue weighted by Crippen LogP contribution is 2.29. The number of aliphatic hydroxyl groups excluding tert-OH is 2. The molecule has 0 fully saturated rings. The fourth-order valence-electron chi connectivity index (χ4n) is 3.01. The highest BCUT2D eigenvalue weighted by atomic mass is 16.4. The van der Waals surface area contributed by atoms with Crippen LogP contribution in [0.25, 0.3) is 0 Å². The number of carbonyl (C=O) groups is 2. The summed E-state index contributed by atoms with van der Waals surface area (Å²) in [5.74, 6) is -2.76. The van der Waals surface area contributed by atoms with Gasteiger partial charge < -0.3 is 31.5 Å². The third-order valence-electron chi connectivity index (χ3n) is 4.32. The smallest absolute Gasteiger partial charge is 0.331 e. The van der Waals surface area contributed by atoms with Gasteiger partial charge in [-0.15, -0.1) is 0 Å². The molecule has 2 atom stereocenters. The summed E-state index contributed by atoms with van der Waals surface area (Å²) in [6, 6.07) is 3.65. The first-order valence-electron chi connectivity index (χ1n) is 8.70. The number of rotatable bonds is 11. The summed E-state index contributed by atoms with van der Waals surface area (Å²) in [7, 11) is 0. The first-order valence-corrected chi connectivity index (χ1v) is 8.70. The molecule has 0 amide bonds. The number of hydrogen-bond acceptors (Lipinski definition) is 6. The second-order valence-electron chi connectivity index (χ2n) is 6.46. The minimum Gasteiger partial charge on any atom is -0.478 e. The second kappa shape index (κ2) is 10.8. The van der Waals surface area contributed by atoms with E-state index in [0.717, 1.165) is 16.7 Å². The van der Waals surface area contributed by atoms with Gasteiger partial charge >= 0.3 is 11.9 Å². The van der Waals surface area contributed by atoms with Gasteiger partial charge in [0.1, 0.15) is 0 Å². The van der Waals surface area contributed by atoms with Gasteiger partial charge in [0.15, 0.2) is 0 Å². The SMILES string of the molecule is Cc1ccc(CC(O)CNCCN)c(C)c1C(O)C/C(=C/C(=O)O)C(=O)O. The minimum atomic E-state index is -1.38. The van der Waals surface area contributed by atoms with Crippen LogP contribution in [-0.2, 0) is 16.0 Å². The van der Waals surface area contributed by atoms with Crippen molar-refractivity contribution in [2.24, 2.45) is 5.73 Å². The van der Waals surface area contributed by atoms with Gasteiger partial charge in [-0.1, -0.05) is 12.1 Å². The Kier molecular flexibility index (Phi) is 9.10. The van der Waals surface area contributed by atoms with Crippen molar-refractivity contribution in [3.63, 3.8) is 0 Å². The fraction of sp³-hybridized carbons (Fsp3) is 0.474. The van der Waals surface area contributed by atoms with Gasteiger partial charge in [-0.05, 0) is 42.5 Å². The van der Waals surface area contributed by atoms with E-state index in [-0.39, 0.29) is 12.0 Å². The van der Waals surface area contributed by atoms with Crippen LogP contribution in [-0.4, -0.2) is 58.1 Å². The Labute approximate surface area is 158 Å². The number of benzene rings is 1.